The Hall–Kier alpha value is -3.02. The van der Waals surface area contributed by atoms with Gasteiger partial charge >= 0.3 is 0 Å². The van der Waals surface area contributed by atoms with Crippen LogP contribution in [0.5, 0.6) is 11.5 Å². The van der Waals surface area contributed by atoms with Crippen LogP contribution in [-0.4, -0.2) is 24.0 Å². The van der Waals surface area contributed by atoms with Crippen LogP contribution in [0.1, 0.15) is 66.2 Å². The predicted molar refractivity (Wildman–Crippen MR) is 136 cm³/mol. The highest BCUT2D eigenvalue weighted by molar-refractivity contribution is 5.94. The zero-order chi connectivity index (χ0) is 24.5. The van der Waals surface area contributed by atoms with Gasteiger partial charge in [0.25, 0.3) is 0 Å². The van der Waals surface area contributed by atoms with Gasteiger partial charge in [0.15, 0.2) is 0 Å². The average molecular weight is 467 g/mol. The summed E-state index contributed by atoms with van der Waals surface area (Å²) >= 11 is 0. The Morgan fingerprint density at radius 1 is 0.765 bits per heavy atom. The second kappa shape index (κ2) is 12.4. The van der Waals surface area contributed by atoms with E-state index in [9.17, 15) is 9.59 Å². The van der Waals surface area contributed by atoms with Crippen molar-refractivity contribution in [2.24, 2.45) is 11.8 Å². The smallest absolute Gasteiger partial charge is 0.227 e. The molecule has 0 radical (unpaired) electrons. The molecule has 0 aromatic heterocycles. The fourth-order valence-corrected chi connectivity index (χ4v) is 4.03. The fourth-order valence-electron chi connectivity index (χ4n) is 4.03. The number of benzene rings is 2. The first kappa shape index (κ1) is 25.6. The van der Waals surface area contributed by atoms with E-state index in [4.69, 9.17) is 9.47 Å². The molecule has 0 spiro atoms. The van der Waals surface area contributed by atoms with Crippen molar-refractivity contribution in [3.8, 4) is 11.5 Å². The standard InChI is InChI=1S/C28H38N2O4/c1-5-19(3)33-25-11-7-9-23(17-25)29-27(31)21-13-15-22(16-14-21)28(32)30-24-10-8-12-26(18-24)34-20(4)6-2/h7-12,17-22H,5-6,13-16H2,1-4H3,(H,29,31)(H,30,32). The average Bonchev–Trinajstić information content (AvgIpc) is 2.84. The van der Waals surface area contributed by atoms with E-state index in [0.29, 0.717) is 25.7 Å². The normalized spacial score (nSPS) is 19.5. The Balaban J connectivity index is 1.48. The van der Waals surface area contributed by atoms with Crippen LogP contribution in [0, 0.1) is 11.8 Å². The Bertz CT molecular complexity index is 875. The first-order chi connectivity index (χ1) is 16.4. The summed E-state index contributed by atoms with van der Waals surface area (Å²) < 4.78 is 11.7. The van der Waals surface area contributed by atoms with Crippen LogP contribution in [0.3, 0.4) is 0 Å². The first-order valence-corrected chi connectivity index (χ1v) is 12.5. The summed E-state index contributed by atoms with van der Waals surface area (Å²) in [6.45, 7) is 8.20. The van der Waals surface area contributed by atoms with Gasteiger partial charge < -0.3 is 20.1 Å². The van der Waals surface area contributed by atoms with Gasteiger partial charge in [-0.3, -0.25) is 9.59 Å². The van der Waals surface area contributed by atoms with Crippen molar-refractivity contribution >= 4 is 23.2 Å². The lowest BCUT2D eigenvalue weighted by molar-refractivity contribution is -0.125. The Labute approximate surface area is 203 Å². The van der Waals surface area contributed by atoms with Gasteiger partial charge in [-0.2, -0.15) is 0 Å². The number of nitrogens with one attached hydrogen (secondary N) is 2. The number of amides is 2. The molecule has 1 saturated carbocycles. The summed E-state index contributed by atoms with van der Waals surface area (Å²) in [5, 5.41) is 6.04. The largest absolute Gasteiger partial charge is 0.491 e. The monoisotopic (exact) mass is 466 g/mol. The van der Waals surface area contributed by atoms with E-state index in [1.54, 1.807) is 0 Å². The Kier molecular flexibility index (Phi) is 9.37. The second-order valence-electron chi connectivity index (χ2n) is 9.26. The van der Waals surface area contributed by atoms with Crippen LogP contribution in [-0.2, 0) is 9.59 Å². The van der Waals surface area contributed by atoms with Crippen molar-refractivity contribution in [2.45, 2.75) is 78.4 Å². The van der Waals surface area contributed by atoms with Crippen LogP contribution in [0.25, 0.3) is 0 Å². The van der Waals surface area contributed by atoms with E-state index < -0.39 is 0 Å². The molecule has 1 aliphatic rings. The number of hydrogen-bond acceptors (Lipinski definition) is 4. The molecule has 3 rings (SSSR count). The van der Waals surface area contributed by atoms with Gasteiger partial charge in [0.05, 0.1) is 12.2 Å². The van der Waals surface area contributed by atoms with Gasteiger partial charge in [-0.1, -0.05) is 26.0 Å². The Morgan fingerprint density at radius 3 is 1.50 bits per heavy atom. The summed E-state index contributed by atoms with van der Waals surface area (Å²) in [5.41, 5.74) is 1.48. The molecule has 0 saturated heterocycles. The van der Waals surface area contributed by atoms with Crippen molar-refractivity contribution in [1.82, 2.24) is 0 Å². The quantitative estimate of drug-likeness (QED) is 0.423. The van der Waals surface area contributed by atoms with Crippen LogP contribution < -0.4 is 20.1 Å². The molecule has 184 valence electrons. The van der Waals surface area contributed by atoms with Crippen molar-refractivity contribution in [3.05, 3.63) is 48.5 Å². The SMILES string of the molecule is CCC(C)Oc1cccc(NC(=O)C2CCC(C(=O)Nc3cccc(OC(C)CC)c3)CC2)c1. The number of ether oxygens (including phenoxy) is 2. The van der Waals surface area contributed by atoms with Crippen molar-refractivity contribution in [2.75, 3.05) is 10.6 Å². The highest BCUT2D eigenvalue weighted by atomic mass is 16.5. The lowest BCUT2D eigenvalue weighted by Gasteiger charge is -2.27. The summed E-state index contributed by atoms with van der Waals surface area (Å²) in [5.74, 6) is 1.35. The van der Waals surface area contributed by atoms with Gasteiger partial charge in [0.2, 0.25) is 11.8 Å². The van der Waals surface area contributed by atoms with Gasteiger partial charge in [0.1, 0.15) is 11.5 Å². The molecular formula is C28H38N2O4. The molecule has 34 heavy (non-hydrogen) atoms. The van der Waals surface area contributed by atoms with Gasteiger partial charge in [0, 0.05) is 35.3 Å². The predicted octanol–water partition coefficient (Wildman–Crippen LogP) is 6.42. The molecule has 6 heteroatoms. The van der Waals surface area contributed by atoms with E-state index in [2.05, 4.69) is 24.5 Å². The topological polar surface area (TPSA) is 76.7 Å². The molecule has 2 amide bonds. The zero-order valence-electron chi connectivity index (χ0n) is 20.8. The first-order valence-electron chi connectivity index (χ1n) is 12.5. The van der Waals surface area contributed by atoms with E-state index >= 15 is 0 Å². The number of anilines is 2. The summed E-state index contributed by atoms with van der Waals surface area (Å²) in [6.07, 6.45) is 4.89. The zero-order valence-corrected chi connectivity index (χ0v) is 20.8. The van der Waals surface area contributed by atoms with Crippen molar-refractivity contribution < 1.29 is 19.1 Å². The van der Waals surface area contributed by atoms with Crippen LogP contribution in [0.4, 0.5) is 11.4 Å². The van der Waals surface area contributed by atoms with E-state index in [1.165, 1.54) is 0 Å². The molecule has 2 N–H and O–H groups in total. The van der Waals surface area contributed by atoms with Gasteiger partial charge in [-0.25, -0.2) is 0 Å². The lowest BCUT2D eigenvalue weighted by atomic mass is 9.81. The summed E-state index contributed by atoms with van der Waals surface area (Å²) in [4.78, 5) is 25.6. The fraction of sp³-hybridized carbons (Fsp3) is 0.500. The Morgan fingerprint density at radius 2 is 1.15 bits per heavy atom. The number of hydrogen-bond donors (Lipinski definition) is 2. The molecule has 1 aliphatic carbocycles. The van der Waals surface area contributed by atoms with E-state index in [0.717, 1.165) is 35.7 Å². The minimum Gasteiger partial charge on any atom is -0.491 e. The van der Waals surface area contributed by atoms with Crippen molar-refractivity contribution in [1.29, 1.82) is 0 Å². The maximum atomic E-state index is 12.8. The maximum Gasteiger partial charge on any atom is 0.227 e. The molecule has 0 bridgehead atoms. The highest BCUT2D eigenvalue weighted by Gasteiger charge is 2.30. The van der Waals surface area contributed by atoms with Crippen LogP contribution in [0.15, 0.2) is 48.5 Å². The van der Waals surface area contributed by atoms with E-state index in [-0.39, 0.29) is 35.9 Å². The van der Waals surface area contributed by atoms with Crippen molar-refractivity contribution in [3.63, 3.8) is 0 Å². The summed E-state index contributed by atoms with van der Waals surface area (Å²) in [6, 6.07) is 15.0. The third kappa shape index (κ3) is 7.51. The molecule has 2 aromatic rings. The van der Waals surface area contributed by atoms with Crippen LogP contribution >= 0.6 is 0 Å². The molecule has 0 heterocycles. The van der Waals surface area contributed by atoms with E-state index in [1.807, 2.05) is 62.4 Å². The third-order valence-electron chi connectivity index (χ3n) is 6.50. The lowest BCUT2D eigenvalue weighted by Crippen LogP contribution is -2.32. The number of rotatable bonds is 10. The van der Waals surface area contributed by atoms with Gasteiger partial charge in [-0.15, -0.1) is 0 Å². The van der Waals surface area contributed by atoms with Crippen LogP contribution in [0.2, 0.25) is 0 Å². The maximum absolute atomic E-state index is 12.8. The minimum atomic E-state index is -0.0875. The number of carbonyl (C=O) groups is 2. The highest BCUT2D eigenvalue weighted by Crippen LogP contribution is 2.31. The van der Waals surface area contributed by atoms with Gasteiger partial charge in [-0.05, 0) is 76.6 Å². The summed E-state index contributed by atoms with van der Waals surface area (Å²) in [7, 11) is 0. The molecule has 0 aliphatic heterocycles. The minimum absolute atomic E-state index is 0.00874. The molecule has 1 fully saturated rings. The molecule has 2 atom stereocenters. The molecular weight excluding hydrogens is 428 g/mol. The molecule has 2 aromatic carbocycles. The number of carbonyl (C=O) groups excluding carboxylic acids is 2. The third-order valence-corrected chi connectivity index (χ3v) is 6.50. The molecule has 2 unspecified atom stereocenters. The second-order valence-corrected chi connectivity index (χ2v) is 9.26. The molecule has 6 nitrogen and oxygen atoms in total.